The van der Waals surface area contributed by atoms with Crippen molar-refractivity contribution >= 4 is 5.91 Å². The maximum absolute atomic E-state index is 11.9. The predicted octanol–water partition coefficient (Wildman–Crippen LogP) is 1.02. The van der Waals surface area contributed by atoms with Crippen LogP contribution in [-0.4, -0.2) is 22.4 Å². The van der Waals surface area contributed by atoms with Gasteiger partial charge in [0.05, 0.1) is 18.2 Å². The van der Waals surface area contributed by atoms with Crippen molar-refractivity contribution in [2.24, 2.45) is 17.6 Å². The average molecular weight is 250 g/mol. The molecule has 0 radical (unpaired) electrons. The maximum Gasteiger partial charge on any atom is 0.224 e. The Kier molecular flexibility index (Phi) is 5.71. The van der Waals surface area contributed by atoms with E-state index in [0.717, 1.165) is 12.1 Å². The Morgan fingerprint density at radius 1 is 1.50 bits per heavy atom. The molecule has 0 aliphatic rings. The first-order valence-corrected chi connectivity index (χ1v) is 6.29. The van der Waals surface area contributed by atoms with Crippen LogP contribution in [0.2, 0.25) is 0 Å². The Morgan fingerprint density at radius 2 is 2.22 bits per heavy atom. The van der Waals surface area contributed by atoms with Crippen molar-refractivity contribution in [2.45, 2.75) is 33.7 Å². The van der Waals surface area contributed by atoms with Crippen LogP contribution in [0.4, 0.5) is 0 Å². The molecule has 0 spiro atoms. The molecule has 0 saturated carbocycles. The Bertz CT molecular complexity index is 392. The van der Waals surface area contributed by atoms with Crippen LogP contribution in [0, 0.1) is 18.8 Å². The molecule has 1 atom stereocenters. The molecule has 5 heteroatoms. The van der Waals surface area contributed by atoms with Crippen LogP contribution < -0.4 is 11.1 Å². The second-order valence-corrected chi connectivity index (χ2v) is 4.88. The lowest BCUT2D eigenvalue weighted by atomic mass is 9.96. The summed E-state index contributed by atoms with van der Waals surface area (Å²) >= 11 is 0. The third-order valence-electron chi connectivity index (χ3n) is 2.69. The van der Waals surface area contributed by atoms with Crippen LogP contribution >= 0.6 is 0 Å². The van der Waals surface area contributed by atoms with Crippen LogP contribution in [0.15, 0.2) is 12.3 Å². The molecule has 0 saturated heterocycles. The van der Waals surface area contributed by atoms with Crippen LogP contribution in [0.1, 0.15) is 31.8 Å². The van der Waals surface area contributed by atoms with E-state index in [1.54, 1.807) is 12.3 Å². The molecule has 18 heavy (non-hydrogen) atoms. The van der Waals surface area contributed by atoms with E-state index in [1.165, 1.54) is 0 Å². The van der Waals surface area contributed by atoms with E-state index in [2.05, 4.69) is 29.1 Å². The maximum atomic E-state index is 11.9. The van der Waals surface area contributed by atoms with Gasteiger partial charge in [-0.2, -0.15) is 0 Å². The minimum Gasteiger partial charge on any atom is -0.350 e. The molecule has 100 valence electrons. The molecule has 1 unspecified atom stereocenters. The summed E-state index contributed by atoms with van der Waals surface area (Å²) < 4.78 is 0. The predicted molar refractivity (Wildman–Crippen MR) is 70.6 cm³/mol. The zero-order valence-electron chi connectivity index (χ0n) is 11.3. The molecule has 0 aliphatic carbocycles. The number of nitrogens with one attached hydrogen (secondary N) is 1. The van der Waals surface area contributed by atoms with Gasteiger partial charge in [-0.05, 0) is 25.3 Å². The molecule has 1 aromatic heterocycles. The number of carbonyl (C=O) groups excluding carboxylic acids is 1. The summed E-state index contributed by atoms with van der Waals surface area (Å²) in [5.74, 6) is 1.06. The number of carbonyl (C=O) groups is 1. The highest BCUT2D eigenvalue weighted by Crippen LogP contribution is 2.10. The summed E-state index contributed by atoms with van der Waals surface area (Å²) in [6.45, 7) is 6.81. The lowest BCUT2D eigenvalue weighted by Gasteiger charge is -2.16. The van der Waals surface area contributed by atoms with Crippen molar-refractivity contribution in [3.63, 3.8) is 0 Å². The lowest BCUT2D eigenvalue weighted by molar-refractivity contribution is -0.125. The van der Waals surface area contributed by atoms with Gasteiger partial charge in [-0.25, -0.2) is 9.97 Å². The lowest BCUT2D eigenvalue weighted by Crippen LogP contribution is -2.35. The molecular weight excluding hydrogens is 228 g/mol. The fourth-order valence-electron chi connectivity index (χ4n) is 1.80. The minimum absolute atomic E-state index is 0.00228. The Labute approximate surface area is 108 Å². The molecule has 1 rings (SSSR count). The molecule has 0 bridgehead atoms. The highest BCUT2D eigenvalue weighted by molar-refractivity contribution is 5.78. The van der Waals surface area contributed by atoms with Gasteiger partial charge in [0.15, 0.2) is 0 Å². The summed E-state index contributed by atoms with van der Waals surface area (Å²) in [6.07, 6.45) is 2.50. The summed E-state index contributed by atoms with van der Waals surface area (Å²) in [6, 6.07) is 1.80. The van der Waals surface area contributed by atoms with Crippen LogP contribution in [0.25, 0.3) is 0 Å². The fourth-order valence-corrected chi connectivity index (χ4v) is 1.80. The van der Waals surface area contributed by atoms with E-state index >= 15 is 0 Å². The van der Waals surface area contributed by atoms with Crippen LogP contribution in [0.3, 0.4) is 0 Å². The zero-order chi connectivity index (χ0) is 13.5. The third-order valence-corrected chi connectivity index (χ3v) is 2.69. The Morgan fingerprint density at radius 3 is 2.78 bits per heavy atom. The number of nitrogens with zero attached hydrogens (tertiary/aromatic N) is 2. The zero-order valence-corrected chi connectivity index (χ0v) is 11.3. The van der Waals surface area contributed by atoms with Gasteiger partial charge in [0.2, 0.25) is 5.91 Å². The topological polar surface area (TPSA) is 80.9 Å². The first kappa shape index (κ1) is 14.6. The monoisotopic (exact) mass is 250 g/mol. The number of hydrogen-bond donors (Lipinski definition) is 2. The highest BCUT2D eigenvalue weighted by atomic mass is 16.1. The molecule has 0 fully saturated rings. The number of rotatable bonds is 6. The number of amides is 1. The van der Waals surface area contributed by atoms with Crippen molar-refractivity contribution in [1.82, 2.24) is 15.3 Å². The number of nitrogens with two attached hydrogens (primary N) is 1. The van der Waals surface area contributed by atoms with Gasteiger partial charge in [0, 0.05) is 12.7 Å². The number of aromatic nitrogens is 2. The fraction of sp³-hybridized carbons (Fsp3) is 0.615. The van der Waals surface area contributed by atoms with Crippen molar-refractivity contribution in [3.8, 4) is 0 Å². The molecule has 1 aromatic rings. The van der Waals surface area contributed by atoms with E-state index in [9.17, 15) is 4.79 Å². The highest BCUT2D eigenvalue weighted by Gasteiger charge is 2.17. The largest absolute Gasteiger partial charge is 0.350 e. The smallest absolute Gasteiger partial charge is 0.224 e. The number of hydrogen-bond acceptors (Lipinski definition) is 4. The van der Waals surface area contributed by atoms with E-state index in [0.29, 0.717) is 24.8 Å². The molecule has 1 amide bonds. The van der Waals surface area contributed by atoms with Crippen molar-refractivity contribution in [1.29, 1.82) is 0 Å². The average Bonchev–Trinajstić information content (AvgIpc) is 2.33. The van der Waals surface area contributed by atoms with Crippen LogP contribution in [0.5, 0.6) is 0 Å². The third kappa shape index (κ3) is 4.79. The number of aryl methyl sites for hydroxylation is 1. The van der Waals surface area contributed by atoms with Crippen molar-refractivity contribution in [3.05, 3.63) is 23.8 Å². The Balaban J connectivity index is 2.49. The van der Waals surface area contributed by atoms with E-state index < -0.39 is 0 Å². The van der Waals surface area contributed by atoms with Gasteiger partial charge in [0.25, 0.3) is 0 Å². The quantitative estimate of drug-likeness (QED) is 0.790. The summed E-state index contributed by atoms with van der Waals surface area (Å²) in [5.41, 5.74) is 6.44. The van der Waals surface area contributed by atoms with Gasteiger partial charge >= 0.3 is 0 Å². The van der Waals surface area contributed by atoms with Crippen molar-refractivity contribution in [2.75, 3.05) is 6.54 Å². The Hall–Kier alpha value is -1.49. The van der Waals surface area contributed by atoms with Gasteiger partial charge in [-0.1, -0.05) is 13.8 Å². The van der Waals surface area contributed by atoms with E-state index in [-0.39, 0.29) is 11.8 Å². The summed E-state index contributed by atoms with van der Waals surface area (Å²) in [4.78, 5) is 20.2. The van der Waals surface area contributed by atoms with Crippen LogP contribution in [-0.2, 0) is 11.3 Å². The minimum atomic E-state index is -0.118. The first-order valence-electron chi connectivity index (χ1n) is 6.29. The standard InChI is InChI=1S/C13H22N4O/c1-9(2)6-11(7-14)13(18)16-8-12-4-5-15-10(3)17-12/h4-5,9,11H,6-8,14H2,1-3H3,(H,16,18). The molecule has 3 N–H and O–H groups in total. The van der Waals surface area contributed by atoms with E-state index in [1.807, 2.05) is 6.92 Å². The normalized spacial score (nSPS) is 12.5. The molecule has 0 aromatic carbocycles. The SMILES string of the molecule is Cc1nccc(CNC(=O)C(CN)CC(C)C)n1. The van der Waals surface area contributed by atoms with E-state index in [4.69, 9.17) is 5.73 Å². The summed E-state index contributed by atoms with van der Waals surface area (Å²) in [5, 5.41) is 2.87. The van der Waals surface area contributed by atoms with Gasteiger partial charge in [0.1, 0.15) is 5.82 Å². The molecule has 0 aliphatic heterocycles. The molecule has 5 nitrogen and oxygen atoms in total. The first-order chi connectivity index (χ1) is 8.52. The van der Waals surface area contributed by atoms with Gasteiger partial charge < -0.3 is 11.1 Å². The summed E-state index contributed by atoms with van der Waals surface area (Å²) in [7, 11) is 0. The second kappa shape index (κ2) is 7.06. The molecule has 1 heterocycles. The van der Waals surface area contributed by atoms with Gasteiger partial charge in [-0.15, -0.1) is 0 Å². The van der Waals surface area contributed by atoms with Crippen molar-refractivity contribution < 1.29 is 4.79 Å². The second-order valence-electron chi connectivity index (χ2n) is 4.88. The molecular formula is C13H22N4O. The van der Waals surface area contributed by atoms with Gasteiger partial charge in [-0.3, -0.25) is 4.79 Å².